The van der Waals surface area contributed by atoms with Crippen molar-refractivity contribution in [3.8, 4) is 0 Å². The molecule has 0 saturated carbocycles. The molecule has 0 heterocycles. The van der Waals surface area contributed by atoms with Gasteiger partial charge in [0.25, 0.3) is 5.97 Å². The van der Waals surface area contributed by atoms with Crippen LogP contribution in [0.2, 0.25) is 32.7 Å². The average molecular weight is 367 g/mol. The van der Waals surface area contributed by atoms with Crippen LogP contribution < -0.4 is 0 Å². The lowest BCUT2D eigenvalue weighted by molar-refractivity contribution is -0.146. The first-order valence-corrected chi connectivity index (χ1v) is 15.1. The minimum absolute atomic E-state index is 0.133. The Morgan fingerprint density at radius 1 is 1.08 bits per heavy atom. The Hall–Kier alpha value is -0.916. The molecular formula is C19H34O3Si2. The maximum atomic E-state index is 12.8. The summed E-state index contributed by atoms with van der Waals surface area (Å²) in [7, 11) is -4.17. The van der Waals surface area contributed by atoms with Crippen LogP contribution in [0.4, 0.5) is 0 Å². The third-order valence-electron chi connectivity index (χ3n) is 3.96. The van der Waals surface area contributed by atoms with Crippen LogP contribution in [0.15, 0.2) is 30.3 Å². The van der Waals surface area contributed by atoms with Crippen LogP contribution in [0.3, 0.4) is 0 Å². The molecule has 1 rings (SSSR count). The average Bonchev–Trinajstić information content (AvgIpc) is 2.42. The van der Waals surface area contributed by atoms with Gasteiger partial charge >= 0.3 is 8.56 Å². The zero-order valence-corrected chi connectivity index (χ0v) is 18.6. The third-order valence-corrected chi connectivity index (χ3v) is 9.06. The van der Waals surface area contributed by atoms with Gasteiger partial charge in [-0.05, 0) is 70.9 Å². The molecule has 0 amide bonds. The lowest BCUT2D eigenvalue weighted by atomic mass is 9.79. The Labute approximate surface area is 150 Å². The molecule has 5 heteroatoms. The summed E-state index contributed by atoms with van der Waals surface area (Å²) in [6, 6.07) is 10.4. The van der Waals surface area contributed by atoms with E-state index in [-0.39, 0.29) is 5.97 Å². The van der Waals surface area contributed by atoms with Gasteiger partial charge < -0.3 is 8.54 Å². The number of rotatable bonds is 8. The number of hydrogen-bond donors (Lipinski definition) is 0. The minimum atomic E-state index is -2.44. The quantitative estimate of drug-likeness (QED) is 0.554. The minimum Gasteiger partial charge on any atom is -0.495 e. The van der Waals surface area contributed by atoms with Gasteiger partial charge in [0.05, 0.1) is 5.41 Å². The number of benzene rings is 1. The first-order valence-electron chi connectivity index (χ1n) is 8.85. The fraction of sp³-hybridized carbons (Fsp3) is 0.632. The summed E-state index contributed by atoms with van der Waals surface area (Å²) in [4.78, 5) is 12.8. The van der Waals surface area contributed by atoms with Gasteiger partial charge in [0.15, 0.2) is 8.32 Å². The molecule has 1 atom stereocenters. The lowest BCUT2D eigenvalue weighted by Gasteiger charge is -2.34. The SMILES string of the molecule is CCC(CC(C)(C)C(=O)O[Si](C)(C)O[Si](C)(C)C)c1ccccc1. The Morgan fingerprint density at radius 3 is 2.08 bits per heavy atom. The smallest absolute Gasteiger partial charge is 0.385 e. The van der Waals surface area contributed by atoms with Crippen molar-refractivity contribution in [2.75, 3.05) is 0 Å². The van der Waals surface area contributed by atoms with Gasteiger partial charge in [0.1, 0.15) is 0 Å². The molecule has 0 aliphatic carbocycles. The van der Waals surface area contributed by atoms with E-state index in [0.29, 0.717) is 5.92 Å². The molecule has 0 fully saturated rings. The van der Waals surface area contributed by atoms with Crippen LogP contribution in [0.5, 0.6) is 0 Å². The standard InChI is InChI=1S/C19H34O3Si2/c1-9-16(17-13-11-10-12-14-17)15-19(2,3)18(20)21-24(7,8)22-23(4,5)6/h10-14,16H,9,15H2,1-8H3. The summed E-state index contributed by atoms with van der Waals surface area (Å²) in [5.74, 6) is 0.225. The second kappa shape index (κ2) is 7.98. The van der Waals surface area contributed by atoms with Crippen molar-refractivity contribution in [1.82, 2.24) is 0 Å². The number of carbonyl (C=O) groups excluding carboxylic acids is 1. The van der Waals surface area contributed by atoms with Gasteiger partial charge in [-0.15, -0.1) is 0 Å². The molecule has 0 spiro atoms. The van der Waals surface area contributed by atoms with Crippen molar-refractivity contribution in [3.63, 3.8) is 0 Å². The number of hydrogen-bond acceptors (Lipinski definition) is 3. The van der Waals surface area contributed by atoms with E-state index < -0.39 is 22.3 Å². The van der Waals surface area contributed by atoms with E-state index in [1.54, 1.807) is 0 Å². The van der Waals surface area contributed by atoms with Crippen molar-refractivity contribution >= 4 is 22.8 Å². The highest BCUT2D eigenvalue weighted by Gasteiger charge is 2.40. The summed E-state index contributed by atoms with van der Waals surface area (Å²) in [5, 5.41) is 0. The summed E-state index contributed by atoms with van der Waals surface area (Å²) in [5.41, 5.74) is 0.763. The fourth-order valence-corrected chi connectivity index (χ4v) is 9.83. The van der Waals surface area contributed by atoms with Crippen LogP contribution in [-0.4, -0.2) is 22.8 Å². The monoisotopic (exact) mass is 366 g/mol. The summed E-state index contributed by atoms with van der Waals surface area (Å²) < 4.78 is 12.0. The Balaban J connectivity index is 2.81. The zero-order valence-electron chi connectivity index (χ0n) is 16.6. The van der Waals surface area contributed by atoms with Crippen LogP contribution in [0, 0.1) is 5.41 Å². The molecular weight excluding hydrogens is 332 g/mol. The molecule has 3 nitrogen and oxygen atoms in total. The predicted octanol–water partition coefficient (Wildman–Crippen LogP) is 5.69. The molecule has 0 aliphatic heterocycles. The molecule has 0 saturated heterocycles. The van der Waals surface area contributed by atoms with Crippen LogP contribution in [-0.2, 0) is 13.3 Å². The van der Waals surface area contributed by atoms with Gasteiger partial charge in [0, 0.05) is 0 Å². The molecule has 0 aliphatic rings. The van der Waals surface area contributed by atoms with E-state index in [2.05, 4.69) is 50.8 Å². The van der Waals surface area contributed by atoms with Crippen molar-refractivity contribution in [3.05, 3.63) is 35.9 Å². The predicted molar refractivity (Wildman–Crippen MR) is 106 cm³/mol. The molecule has 1 unspecified atom stereocenters. The van der Waals surface area contributed by atoms with Crippen LogP contribution in [0.25, 0.3) is 0 Å². The number of carbonyl (C=O) groups is 1. The van der Waals surface area contributed by atoms with Crippen molar-refractivity contribution in [2.24, 2.45) is 5.41 Å². The summed E-state index contributed by atoms with van der Waals surface area (Å²) in [6.07, 6.45) is 1.79. The molecule has 24 heavy (non-hydrogen) atoms. The van der Waals surface area contributed by atoms with E-state index in [1.165, 1.54) is 5.56 Å². The fourth-order valence-electron chi connectivity index (χ4n) is 3.04. The molecule has 0 N–H and O–H groups in total. The second-order valence-electron chi connectivity index (χ2n) is 8.61. The largest absolute Gasteiger partial charge is 0.495 e. The Morgan fingerprint density at radius 2 is 1.62 bits per heavy atom. The van der Waals surface area contributed by atoms with E-state index in [9.17, 15) is 4.79 Å². The first kappa shape index (κ1) is 21.1. The van der Waals surface area contributed by atoms with E-state index in [0.717, 1.165) is 12.8 Å². The van der Waals surface area contributed by atoms with Gasteiger partial charge in [-0.1, -0.05) is 37.3 Å². The lowest BCUT2D eigenvalue weighted by Crippen LogP contribution is -2.48. The highest BCUT2D eigenvalue weighted by atomic mass is 28.4. The summed E-state index contributed by atoms with van der Waals surface area (Å²) in [6.45, 7) is 16.5. The highest BCUT2D eigenvalue weighted by molar-refractivity contribution is 6.81. The Kier molecular flexibility index (Phi) is 7.02. The second-order valence-corrected chi connectivity index (χ2v) is 16.7. The van der Waals surface area contributed by atoms with Gasteiger partial charge in [-0.3, -0.25) is 4.79 Å². The van der Waals surface area contributed by atoms with Gasteiger partial charge in [-0.2, -0.15) is 0 Å². The normalized spacial score (nSPS) is 14.3. The van der Waals surface area contributed by atoms with E-state index in [1.807, 2.05) is 33.0 Å². The molecule has 136 valence electrons. The summed E-state index contributed by atoms with van der Waals surface area (Å²) >= 11 is 0. The highest BCUT2D eigenvalue weighted by Crippen LogP contribution is 2.35. The topological polar surface area (TPSA) is 35.5 Å². The van der Waals surface area contributed by atoms with Crippen molar-refractivity contribution in [1.29, 1.82) is 0 Å². The van der Waals surface area contributed by atoms with Gasteiger partial charge in [-0.25, -0.2) is 0 Å². The molecule has 0 radical (unpaired) electrons. The van der Waals surface area contributed by atoms with E-state index in [4.69, 9.17) is 8.54 Å². The van der Waals surface area contributed by atoms with Gasteiger partial charge in [0.2, 0.25) is 0 Å². The molecule has 1 aromatic carbocycles. The molecule has 0 bridgehead atoms. The van der Waals surface area contributed by atoms with Crippen LogP contribution >= 0.6 is 0 Å². The van der Waals surface area contributed by atoms with E-state index >= 15 is 0 Å². The molecule has 0 aromatic heterocycles. The zero-order chi connectivity index (χ0) is 18.6. The maximum absolute atomic E-state index is 12.8. The van der Waals surface area contributed by atoms with Crippen molar-refractivity contribution in [2.45, 2.75) is 72.3 Å². The van der Waals surface area contributed by atoms with Crippen LogP contribution in [0.1, 0.15) is 45.1 Å². The molecule has 1 aromatic rings. The third kappa shape index (κ3) is 6.91. The first-order chi connectivity index (χ1) is 10.9. The Bertz CT molecular complexity index is 533. The van der Waals surface area contributed by atoms with Crippen molar-refractivity contribution < 1.29 is 13.3 Å². The maximum Gasteiger partial charge on any atom is 0.385 e.